The van der Waals surface area contributed by atoms with Crippen molar-refractivity contribution in [1.82, 2.24) is 0 Å². The van der Waals surface area contributed by atoms with Gasteiger partial charge in [0.2, 0.25) is 0 Å². The highest BCUT2D eigenvalue weighted by Crippen LogP contribution is 2.48. The number of hydrogen-bond acceptors (Lipinski definition) is 1. The van der Waals surface area contributed by atoms with Crippen molar-refractivity contribution in [2.45, 2.75) is 85.0 Å². The smallest absolute Gasteiger partial charge is 0.142 e. The third-order valence-corrected chi connectivity index (χ3v) is 5.65. The number of ketones is 1. The first-order valence-electron chi connectivity index (χ1n) is 8.63. The molecule has 110 valence electrons. The molecular formula is C18H32O. The van der Waals surface area contributed by atoms with Gasteiger partial charge in [-0.05, 0) is 43.9 Å². The molecule has 19 heavy (non-hydrogen) atoms. The Bertz CT molecular complexity index is 299. The van der Waals surface area contributed by atoms with Crippen molar-refractivity contribution < 1.29 is 4.79 Å². The van der Waals surface area contributed by atoms with Crippen molar-refractivity contribution in [1.29, 1.82) is 0 Å². The Morgan fingerprint density at radius 1 is 1.11 bits per heavy atom. The van der Waals surface area contributed by atoms with Gasteiger partial charge in [-0.1, -0.05) is 52.9 Å². The number of rotatable bonds is 5. The van der Waals surface area contributed by atoms with Crippen LogP contribution in [0, 0.1) is 23.2 Å². The van der Waals surface area contributed by atoms with Crippen LogP contribution in [-0.2, 0) is 4.79 Å². The zero-order valence-electron chi connectivity index (χ0n) is 13.2. The molecule has 0 amide bonds. The standard InChI is InChI=1S/C18H32O/c1-4-15-9-5-6-10-16(15)17(19)18(13-14(2)3)11-7-8-12-18/h14-16H,4-13H2,1-3H3. The number of carbonyl (C=O) groups is 1. The zero-order chi connectivity index (χ0) is 13.9. The molecule has 1 nitrogen and oxygen atoms in total. The van der Waals surface area contributed by atoms with Crippen LogP contribution in [0.4, 0.5) is 0 Å². The van der Waals surface area contributed by atoms with Gasteiger partial charge in [0.05, 0.1) is 0 Å². The van der Waals surface area contributed by atoms with E-state index in [9.17, 15) is 4.79 Å². The number of Topliss-reactive ketones (excluding diaryl/α,β-unsaturated/α-hetero) is 1. The predicted molar refractivity (Wildman–Crippen MR) is 81.1 cm³/mol. The Labute approximate surface area is 119 Å². The lowest BCUT2D eigenvalue weighted by atomic mass is 9.65. The lowest BCUT2D eigenvalue weighted by Gasteiger charge is -2.38. The third-order valence-electron chi connectivity index (χ3n) is 5.65. The van der Waals surface area contributed by atoms with Gasteiger partial charge in [0.15, 0.2) is 0 Å². The van der Waals surface area contributed by atoms with Gasteiger partial charge < -0.3 is 0 Å². The molecule has 0 bridgehead atoms. The van der Waals surface area contributed by atoms with Gasteiger partial charge in [0.25, 0.3) is 0 Å². The second-order valence-electron chi connectivity index (χ2n) is 7.51. The molecule has 2 unspecified atom stereocenters. The van der Waals surface area contributed by atoms with E-state index in [1.54, 1.807) is 0 Å². The van der Waals surface area contributed by atoms with Crippen LogP contribution in [0.15, 0.2) is 0 Å². The van der Waals surface area contributed by atoms with Crippen LogP contribution < -0.4 is 0 Å². The molecule has 0 saturated heterocycles. The Morgan fingerprint density at radius 3 is 2.32 bits per heavy atom. The molecule has 2 atom stereocenters. The molecule has 2 aliphatic carbocycles. The quantitative estimate of drug-likeness (QED) is 0.651. The number of hydrogen-bond donors (Lipinski definition) is 0. The van der Waals surface area contributed by atoms with E-state index >= 15 is 0 Å². The fourth-order valence-electron chi connectivity index (χ4n) is 4.82. The molecule has 0 aliphatic heterocycles. The second kappa shape index (κ2) is 6.41. The fourth-order valence-corrected chi connectivity index (χ4v) is 4.82. The summed E-state index contributed by atoms with van der Waals surface area (Å²) in [4.78, 5) is 13.2. The Kier molecular flexibility index (Phi) is 5.09. The molecule has 1 heteroatoms. The molecule has 0 N–H and O–H groups in total. The molecular weight excluding hydrogens is 232 g/mol. The molecule has 0 aromatic rings. The summed E-state index contributed by atoms with van der Waals surface area (Å²) in [5, 5.41) is 0. The highest BCUT2D eigenvalue weighted by molar-refractivity contribution is 5.87. The van der Waals surface area contributed by atoms with Gasteiger partial charge >= 0.3 is 0 Å². The summed E-state index contributed by atoms with van der Waals surface area (Å²) in [6.45, 7) is 6.84. The monoisotopic (exact) mass is 264 g/mol. The van der Waals surface area contributed by atoms with E-state index in [1.165, 1.54) is 57.8 Å². The summed E-state index contributed by atoms with van der Waals surface area (Å²) in [5.41, 5.74) is 0.0730. The maximum absolute atomic E-state index is 13.2. The van der Waals surface area contributed by atoms with Crippen molar-refractivity contribution in [2.24, 2.45) is 23.2 Å². The first-order valence-corrected chi connectivity index (χ1v) is 8.63. The summed E-state index contributed by atoms with van der Waals surface area (Å²) in [6.07, 6.45) is 12.4. The minimum absolute atomic E-state index is 0.0730. The van der Waals surface area contributed by atoms with E-state index < -0.39 is 0 Å². The maximum atomic E-state index is 13.2. The van der Waals surface area contributed by atoms with Gasteiger partial charge in [0, 0.05) is 11.3 Å². The van der Waals surface area contributed by atoms with Crippen molar-refractivity contribution in [3.63, 3.8) is 0 Å². The van der Waals surface area contributed by atoms with Gasteiger partial charge in [-0.3, -0.25) is 4.79 Å². The predicted octanol–water partition coefficient (Wildman–Crippen LogP) is 5.38. The van der Waals surface area contributed by atoms with Crippen LogP contribution >= 0.6 is 0 Å². The first-order chi connectivity index (χ1) is 9.09. The summed E-state index contributed by atoms with van der Waals surface area (Å²) in [7, 11) is 0. The topological polar surface area (TPSA) is 17.1 Å². The maximum Gasteiger partial charge on any atom is 0.142 e. The largest absolute Gasteiger partial charge is 0.299 e. The van der Waals surface area contributed by atoms with E-state index in [0.717, 1.165) is 6.42 Å². The molecule has 2 rings (SSSR count). The van der Waals surface area contributed by atoms with Crippen molar-refractivity contribution in [2.75, 3.05) is 0 Å². The van der Waals surface area contributed by atoms with Gasteiger partial charge in [-0.15, -0.1) is 0 Å². The van der Waals surface area contributed by atoms with E-state index in [4.69, 9.17) is 0 Å². The summed E-state index contributed by atoms with van der Waals surface area (Å²) in [6, 6.07) is 0. The SMILES string of the molecule is CCC1CCCCC1C(=O)C1(CC(C)C)CCCC1. The van der Waals surface area contributed by atoms with Crippen LogP contribution in [0.25, 0.3) is 0 Å². The average molecular weight is 264 g/mol. The third kappa shape index (κ3) is 3.23. The highest BCUT2D eigenvalue weighted by Gasteiger charge is 2.45. The van der Waals surface area contributed by atoms with Crippen LogP contribution in [0.2, 0.25) is 0 Å². The molecule has 2 saturated carbocycles. The van der Waals surface area contributed by atoms with E-state index in [0.29, 0.717) is 23.5 Å². The second-order valence-corrected chi connectivity index (χ2v) is 7.51. The molecule has 0 heterocycles. The molecule has 0 spiro atoms. The van der Waals surface area contributed by atoms with Crippen molar-refractivity contribution >= 4 is 5.78 Å². The Balaban J connectivity index is 2.14. The lowest BCUT2D eigenvalue weighted by molar-refractivity contribution is -0.136. The normalized spacial score (nSPS) is 30.7. The van der Waals surface area contributed by atoms with Crippen LogP contribution in [0.1, 0.15) is 85.0 Å². The minimum atomic E-state index is 0.0730. The van der Waals surface area contributed by atoms with Gasteiger partial charge in [-0.2, -0.15) is 0 Å². The average Bonchev–Trinajstić information content (AvgIpc) is 2.86. The van der Waals surface area contributed by atoms with Crippen molar-refractivity contribution in [3.05, 3.63) is 0 Å². The van der Waals surface area contributed by atoms with Crippen LogP contribution in [-0.4, -0.2) is 5.78 Å². The van der Waals surface area contributed by atoms with E-state index in [-0.39, 0.29) is 5.41 Å². The van der Waals surface area contributed by atoms with E-state index in [2.05, 4.69) is 20.8 Å². The summed E-state index contributed by atoms with van der Waals surface area (Å²) in [5.74, 6) is 2.41. The molecule has 0 aromatic heterocycles. The summed E-state index contributed by atoms with van der Waals surface area (Å²) < 4.78 is 0. The number of carbonyl (C=O) groups excluding carboxylic acids is 1. The van der Waals surface area contributed by atoms with Crippen LogP contribution in [0.3, 0.4) is 0 Å². The van der Waals surface area contributed by atoms with Crippen molar-refractivity contribution in [3.8, 4) is 0 Å². The zero-order valence-corrected chi connectivity index (χ0v) is 13.2. The lowest BCUT2D eigenvalue weighted by Crippen LogP contribution is -2.39. The van der Waals surface area contributed by atoms with Gasteiger partial charge in [-0.25, -0.2) is 0 Å². The molecule has 0 radical (unpaired) electrons. The minimum Gasteiger partial charge on any atom is -0.299 e. The highest BCUT2D eigenvalue weighted by atomic mass is 16.1. The first kappa shape index (κ1) is 15.1. The van der Waals surface area contributed by atoms with Crippen LogP contribution in [0.5, 0.6) is 0 Å². The molecule has 2 fully saturated rings. The van der Waals surface area contributed by atoms with Gasteiger partial charge in [0.1, 0.15) is 5.78 Å². The molecule has 2 aliphatic rings. The molecule has 0 aromatic carbocycles. The fraction of sp³-hybridized carbons (Fsp3) is 0.944. The Morgan fingerprint density at radius 2 is 1.74 bits per heavy atom. The van der Waals surface area contributed by atoms with E-state index in [1.807, 2.05) is 0 Å². The summed E-state index contributed by atoms with van der Waals surface area (Å²) >= 11 is 0. The Hall–Kier alpha value is -0.330.